The summed E-state index contributed by atoms with van der Waals surface area (Å²) in [5.74, 6) is 0.0931. The highest BCUT2D eigenvalue weighted by Crippen LogP contribution is 2.32. The third kappa shape index (κ3) is 5.61. The third-order valence-electron chi connectivity index (χ3n) is 3.50. The quantitative estimate of drug-likeness (QED) is 0.296. The molecule has 1 aliphatic heterocycles. The van der Waals surface area contributed by atoms with Crippen LogP contribution in [0.25, 0.3) is 0 Å². The molecule has 1 aliphatic rings. The van der Waals surface area contributed by atoms with Crippen molar-refractivity contribution in [1.82, 2.24) is 0 Å². The molecule has 3 atom stereocenters. The molecule has 116 valence electrons. The minimum Gasteiger partial charge on any atom is -0.466 e. The zero-order valence-electron chi connectivity index (χ0n) is 12.9. The van der Waals surface area contributed by atoms with Gasteiger partial charge in [-0.15, -0.1) is 0 Å². The van der Waals surface area contributed by atoms with Gasteiger partial charge in [0.2, 0.25) is 0 Å². The Morgan fingerprint density at radius 2 is 2.15 bits per heavy atom. The molecule has 5 heteroatoms. The van der Waals surface area contributed by atoms with Crippen LogP contribution in [0.3, 0.4) is 0 Å². The second-order valence-electron chi connectivity index (χ2n) is 5.26. The van der Waals surface area contributed by atoms with Crippen LogP contribution in [0, 0.1) is 5.92 Å². The van der Waals surface area contributed by atoms with Gasteiger partial charge >= 0.3 is 5.97 Å². The monoisotopic (exact) mass is 286 g/mol. The van der Waals surface area contributed by atoms with Crippen LogP contribution < -0.4 is 0 Å². The predicted molar refractivity (Wildman–Crippen MR) is 75.3 cm³/mol. The van der Waals surface area contributed by atoms with E-state index in [0.717, 1.165) is 24.8 Å². The number of esters is 1. The molecule has 0 spiro atoms. The van der Waals surface area contributed by atoms with Gasteiger partial charge in [-0.1, -0.05) is 6.92 Å². The molecule has 0 aromatic heterocycles. The Labute approximate surface area is 121 Å². The van der Waals surface area contributed by atoms with Gasteiger partial charge in [-0.05, 0) is 37.7 Å². The van der Waals surface area contributed by atoms with E-state index in [1.165, 1.54) is 13.2 Å². The summed E-state index contributed by atoms with van der Waals surface area (Å²) in [6, 6.07) is 0. The molecule has 0 aromatic carbocycles. The van der Waals surface area contributed by atoms with Gasteiger partial charge in [0.1, 0.15) is 6.79 Å². The van der Waals surface area contributed by atoms with Gasteiger partial charge in [0.05, 0.1) is 19.3 Å². The van der Waals surface area contributed by atoms with Crippen LogP contribution >= 0.6 is 0 Å². The van der Waals surface area contributed by atoms with Crippen molar-refractivity contribution in [2.45, 2.75) is 45.3 Å². The Kier molecular flexibility index (Phi) is 7.80. The van der Waals surface area contributed by atoms with E-state index in [2.05, 4.69) is 11.7 Å². The first-order valence-electron chi connectivity index (χ1n) is 7.06. The van der Waals surface area contributed by atoms with Crippen LogP contribution in [0.5, 0.6) is 0 Å². The van der Waals surface area contributed by atoms with E-state index in [1.54, 1.807) is 7.11 Å². The minimum absolute atomic E-state index is 0.0130. The van der Waals surface area contributed by atoms with Gasteiger partial charge in [0.25, 0.3) is 0 Å². The highest BCUT2D eigenvalue weighted by atomic mass is 16.7. The molecule has 1 heterocycles. The molecule has 0 radical (unpaired) electrons. The van der Waals surface area contributed by atoms with Gasteiger partial charge < -0.3 is 18.9 Å². The Morgan fingerprint density at radius 1 is 1.40 bits per heavy atom. The smallest absolute Gasteiger partial charge is 0.330 e. The Balaban J connectivity index is 2.35. The number of carbonyl (C=O) groups excluding carboxylic acids is 1. The van der Waals surface area contributed by atoms with Crippen molar-refractivity contribution < 1.29 is 23.7 Å². The van der Waals surface area contributed by atoms with E-state index >= 15 is 0 Å². The molecule has 1 saturated heterocycles. The van der Waals surface area contributed by atoms with E-state index in [0.29, 0.717) is 19.3 Å². The summed E-state index contributed by atoms with van der Waals surface area (Å²) in [5, 5.41) is 0. The first-order valence-corrected chi connectivity index (χ1v) is 7.06. The highest BCUT2D eigenvalue weighted by molar-refractivity contribution is 5.82. The lowest BCUT2D eigenvalue weighted by molar-refractivity contribution is -0.135. The summed E-state index contributed by atoms with van der Waals surface area (Å²) < 4.78 is 20.8. The van der Waals surface area contributed by atoms with Crippen molar-refractivity contribution in [1.29, 1.82) is 0 Å². The van der Waals surface area contributed by atoms with E-state index in [-0.39, 0.29) is 18.2 Å². The van der Waals surface area contributed by atoms with Crippen LogP contribution in [0.1, 0.15) is 33.1 Å². The van der Waals surface area contributed by atoms with Gasteiger partial charge in [0.15, 0.2) is 0 Å². The average molecular weight is 286 g/mol. The van der Waals surface area contributed by atoms with E-state index in [1.807, 2.05) is 6.92 Å². The molecule has 1 fully saturated rings. The third-order valence-corrected chi connectivity index (χ3v) is 3.50. The predicted octanol–water partition coefficient (Wildman–Crippen LogP) is 2.30. The highest BCUT2D eigenvalue weighted by Gasteiger charge is 2.32. The zero-order valence-corrected chi connectivity index (χ0v) is 12.9. The van der Waals surface area contributed by atoms with Crippen LogP contribution in [0.15, 0.2) is 11.6 Å². The summed E-state index contributed by atoms with van der Waals surface area (Å²) >= 11 is 0. The number of ether oxygens (including phenoxy) is 4. The molecule has 0 aliphatic carbocycles. The average Bonchev–Trinajstić information content (AvgIpc) is 2.79. The van der Waals surface area contributed by atoms with Gasteiger partial charge in [-0.3, -0.25) is 0 Å². The molecule has 1 rings (SSSR count). The maximum Gasteiger partial charge on any atom is 0.330 e. The fourth-order valence-corrected chi connectivity index (χ4v) is 2.56. The molecule has 0 amide bonds. The second-order valence-corrected chi connectivity index (χ2v) is 5.26. The number of hydrogen-bond acceptors (Lipinski definition) is 5. The van der Waals surface area contributed by atoms with E-state index in [4.69, 9.17) is 14.2 Å². The minimum atomic E-state index is -0.324. The standard InChI is InChI=1S/C15H26O5/c1-11-8-13(6-5-7-19-10-17-3)20-15(11)12(2)9-14(16)18-4/h9,11,13,15H,5-8,10H2,1-4H3/b12-9+/t11-,13-,15-/m1/s1. The molecule has 0 unspecified atom stereocenters. The molecular weight excluding hydrogens is 260 g/mol. The number of rotatable bonds is 8. The van der Waals surface area contributed by atoms with Crippen molar-refractivity contribution >= 4 is 5.97 Å². The van der Waals surface area contributed by atoms with Crippen molar-refractivity contribution in [3.8, 4) is 0 Å². The van der Waals surface area contributed by atoms with Crippen LogP contribution in [0.2, 0.25) is 0 Å². The SMILES string of the molecule is COCOCCC[C@@H]1C[C@@H](C)[C@H](/C(C)=C/C(=O)OC)O1. The summed E-state index contributed by atoms with van der Waals surface area (Å²) in [6.45, 7) is 5.10. The lowest BCUT2D eigenvalue weighted by atomic mass is 9.95. The summed E-state index contributed by atoms with van der Waals surface area (Å²) in [6.07, 6.45) is 4.71. The summed E-state index contributed by atoms with van der Waals surface area (Å²) in [5.41, 5.74) is 0.933. The van der Waals surface area contributed by atoms with Crippen LogP contribution in [-0.4, -0.2) is 45.8 Å². The first kappa shape index (κ1) is 17.1. The van der Waals surface area contributed by atoms with Crippen molar-refractivity contribution in [2.75, 3.05) is 27.6 Å². The van der Waals surface area contributed by atoms with E-state index < -0.39 is 0 Å². The van der Waals surface area contributed by atoms with Crippen molar-refractivity contribution in [3.63, 3.8) is 0 Å². The maximum absolute atomic E-state index is 11.3. The zero-order chi connectivity index (χ0) is 15.0. The van der Waals surface area contributed by atoms with Gasteiger partial charge in [-0.2, -0.15) is 0 Å². The second kappa shape index (κ2) is 9.10. The number of hydrogen-bond donors (Lipinski definition) is 0. The largest absolute Gasteiger partial charge is 0.466 e. The van der Waals surface area contributed by atoms with Crippen molar-refractivity contribution in [2.24, 2.45) is 5.92 Å². The van der Waals surface area contributed by atoms with Gasteiger partial charge in [0, 0.05) is 19.8 Å². The molecular formula is C15H26O5. The fraction of sp³-hybridized carbons (Fsp3) is 0.800. The normalized spacial score (nSPS) is 26.8. The lowest BCUT2D eigenvalue weighted by Crippen LogP contribution is -2.17. The topological polar surface area (TPSA) is 54.0 Å². The fourth-order valence-electron chi connectivity index (χ4n) is 2.56. The summed E-state index contributed by atoms with van der Waals surface area (Å²) in [4.78, 5) is 11.3. The maximum atomic E-state index is 11.3. The summed E-state index contributed by atoms with van der Waals surface area (Å²) in [7, 11) is 3.00. The van der Waals surface area contributed by atoms with Crippen molar-refractivity contribution in [3.05, 3.63) is 11.6 Å². The molecule has 0 aromatic rings. The first-order chi connectivity index (χ1) is 9.58. The van der Waals surface area contributed by atoms with E-state index in [9.17, 15) is 4.79 Å². The Hall–Kier alpha value is -0.910. The Bertz CT molecular complexity index is 326. The molecule has 0 bridgehead atoms. The Morgan fingerprint density at radius 3 is 2.80 bits per heavy atom. The number of carbonyl (C=O) groups is 1. The van der Waals surface area contributed by atoms with Crippen LogP contribution in [-0.2, 0) is 23.7 Å². The molecule has 20 heavy (non-hydrogen) atoms. The number of methoxy groups -OCH3 is 2. The molecule has 0 saturated carbocycles. The van der Waals surface area contributed by atoms with Crippen LogP contribution in [0.4, 0.5) is 0 Å². The molecule has 0 N–H and O–H groups in total. The van der Waals surface area contributed by atoms with Gasteiger partial charge in [-0.25, -0.2) is 4.79 Å². The lowest BCUT2D eigenvalue weighted by Gasteiger charge is -2.16. The molecule has 5 nitrogen and oxygen atoms in total.